The van der Waals surface area contributed by atoms with Crippen LogP contribution in [0, 0.1) is 13.8 Å². The first-order valence-corrected chi connectivity index (χ1v) is 7.78. The number of carbonyl (C=O) groups excluding carboxylic acids is 1. The Morgan fingerprint density at radius 2 is 2.00 bits per heavy atom. The molecule has 6 heteroatoms. The molecule has 0 spiro atoms. The van der Waals surface area contributed by atoms with E-state index in [4.69, 9.17) is 4.52 Å². The maximum absolute atomic E-state index is 12.6. The Labute approximate surface area is 140 Å². The zero-order valence-electron chi connectivity index (χ0n) is 14.1. The molecule has 0 unspecified atom stereocenters. The standard InChI is InChI=1S/C18H20N4O2/c1-13-17(14(2)24-20-13)12-21(3)18(23)16-9-19-22(11-16)10-15-7-5-4-6-8-15/h4-9,11H,10,12H2,1-3H3. The van der Waals surface area contributed by atoms with Crippen molar-refractivity contribution in [2.75, 3.05) is 7.05 Å². The highest BCUT2D eigenvalue weighted by atomic mass is 16.5. The number of carbonyl (C=O) groups is 1. The summed E-state index contributed by atoms with van der Waals surface area (Å²) in [5.41, 5.74) is 3.47. The van der Waals surface area contributed by atoms with E-state index in [1.54, 1.807) is 29.0 Å². The molecule has 24 heavy (non-hydrogen) atoms. The van der Waals surface area contributed by atoms with Crippen molar-refractivity contribution in [3.05, 3.63) is 70.9 Å². The average molecular weight is 324 g/mol. The van der Waals surface area contributed by atoms with E-state index in [-0.39, 0.29) is 5.91 Å². The third-order valence-electron chi connectivity index (χ3n) is 3.99. The predicted octanol–water partition coefficient (Wildman–Crippen LogP) is 2.81. The maximum atomic E-state index is 12.6. The normalized spacial score (nSPS) is 10.8. The molecule has 0 atom stereocenters. The van der Waals surface area contributed by atoms with E-state index in [1.807, 2.05) is 44.2 Å². The van der Waals surface area contributed by atoms with Crippen LogP contribution >= 0.6 is 0 Å². The zero-order valence-corrected chi connectivity index (χ0v) is 14.1. The molecule has 1 amide bonds. The summed E-state index contributed by atoms with van der Waals surface area (Å²) in [5, 5.41) is 8.21. The molecule has 0 N–H and O–H groups in total. The first-order valence-electron chi connectivity index (χ1n) is 7.78. The van der Waals surface area contributed by atoms with Gasteiger partial charge in [-0.25, -0.2) is 0 Å². The van der Waals surface area contributed by atoms with Crippen LogP contribution in [0.2, 0.25) is 0 Å². The highest BCUT2D eigenvalue weighted by Gasteiger charge is 2.18. The summed E-state index contributed by atoms with van der Waals surface area (Å²) in [6.07, 6.45) is 3.38. The van der Waals surface area contributed by atoms with E-state index < -0.39 is 0 Å². The molecule has 0 bridgehead atoms. The van der Waals surface area contributed by atoms with Crippen molar-refractivity contribution in [2.45, 2.75) is 26.9 Å². The number of aromatic nitrogens is 3. The summed E-state index contributed by atoms with van der Waals surface area (Å²) in [7, 11) is 1.77. The third kappa shape index (κ3) is 3.37. The number of aryl methyl sites for hydroxylation is 2. The second-order valence-corrected chi connectivity index (χ2v) is 5.88. The number of benzene rings is 1. The molecule has 0 aliphatic heterocycles. The molecule has 2 aromatic heterocycles. The number of nitrogens with zero attached hydrogens (tertiary/aromatic N) is 4. The van der Waals surface area contributed by atoms with E-state index in [1.165, 1.54) is 0 Å². The minimum atomic E-state index is -0.0747. The van der Waals surface area contributed by atoms with Gasteiger partial charge in [0.25, 0.3) is 5.91 Å². The van der Waals surface area contributed by atoms with Crippen molar-refractivity contribution < 1.29 is 9.32 Å². The van der Waals surface area contributed by atoms with Crippen LogP contribution in [0.1, 0.15) is 32.9 Å². The smallest absolute Gasteiger partial charge is 0.257 e. The third-order valence-corrected chi connectivity index (χ3v) is 3.99. The Kier molecular flexibility index (Phi) is 4.46. The van der Waals surface area contributed by atoms with Gasteiger partial charge in [0.15, 0.2) is 0 Å². The van der Waals surface area contributed by atoms with Gasteiger partial charge in [-0.05, 0) is 19.4 Å². The molecule has 0 radical (unpaired) electrons. The lowest BCUT2D eigenvalue weighted by molar-refractivity contribution is 0.0784. The lowest BCUT2D eigenvalue weighted by Crippen LogP contribution is -2.26. The minimum absolute atomic E-state index is 0.0747. The second kappa shape index (κ2) is 6.70. The van der Waals surface area contributed by atoms with Crippen molar-refractivity contribution >= 4 is 5.91 Å². The topological polar surface area (TPSA) is 64.2 Å². The number of hydrogen-bond acceptors (Lipinski definition) is 4. The van der Waals surface area contributed by atoms with Gasteiger partial charge in [0, 0.05) is 18.8 Å². The highest BCUT2D eigenvalue weighted by Crippen LogP contribution is 2.15. The van der Waals surface area contributed by atoms with Crippen molar-refractivity contribution in [1.82, 2.24) is 19.8 Å². The first kappa shape index (κ1) is 16.0. The molecule has 3 aromatic rings. The molecule has 1 aromatic carbocycles. The van der Waals surface area contributed by atoms with E-state index in [0.29, 0.717) is 18.7 Å². The summed E-state index contributed by atoms with van der Waals surface area (Å²) in [4.78, 5) is 14.2. The molecule has 2 heterocycles. The number of hydrogen-bond donors (Lipinski definition) is 0. The van der Waals surface area contributed by atoms with Crippen LogP contribution in [0.25, 0.3) is 0 Å². The van der Waals surface area contributed by atoms with Crippen molar-refractivity contribution in [3.63, 3.8) is 0 Å². The van der Waals surface area contributed by atoms with Gasteiger partial charge in [-0.15, -0.1) is 0 Å². The van der Waals surface area contributed by atoms with Crippen LogP contribution in [0.15, 0.2) is 47.2 Å². The Bertz CT molecular complexity index is 816. The largest absolute Gasteiger partial charge is 0.361 e. The van der Waals surface area contributed by atoms with Crippen molar-refractivity contribution in [2.24, 2.45) is 0 Å². The van der Waals surface area contributed by atoms with Gasteiger partial charge in [-0.3, -0.25) is 9.48 Å². The maximum Gasteiger partial charge on any atom is 0.257 e. The SMILES string of the molecule is Cc1noc(C)c1CN(C)C(=O)c1cnn(Cc2ccccc2)c1. The molecule has 0 saturated carbocycles. The molecular weight excluding hydrogens is 304 g/mol. The van der Waals surface area contributed by atoms with Crippen LogP contribution in [-0.4, -0.2) is 32.8 Å². The molecule has 3 rings (SSSR count). The van der Waals surface area contributed by atoms with E-state index >= 15 is 0 Å². The zero-order chi connectivity index (χ0) is 17.1. The summed E-state index contributed by atoms with van der Waals surface area (Å²) in [6.45, 7) is 4.83. The van der Waals surface area contributed by atoms with Crippen LogP contribution in [0.4, 0.5) is 0 Å². The number of rotatable bonds is 5. The van der Waals surface area contributed by atoms with E-state index in [9.17, 15) is 4.79 Å². The molecule has 124 valence electrons. The Morgan fingerprint density at radius 1 is 1.25 bits per heavy atom. The Morgan fingerprint density at radius 3 is 2.67 bits per heavy atom. The van der Waals surface area contributed by atoms with Gasteiger partial charge in [-0.2, -0.15) is 5.10 Å². The van der Waals surface area contributed by atoms with Crippen LogP contribution in [0.3, 0.4) is 0 Å². The Hall–Kier alpha value is -2.89. The number of amides is 1. The van der Waals surface area contributed by atoms with Gasteiger partial charge < -0.3 is 9.42 Å². The summed E-state index contributed by atoms with van der Waals surface area (Å²) in [6, 6.07) is 10.0. The van der Waals surface area contributed by atoms with Gasteiger partial charge in [0.1, 0.15) is 5.76 Å². The molecule has 0 aliphatic rings. The Balaban J connectivity index is 1.69. The first-order chi connectivity index (χ1) is 11.5. The highest BCUT2D eigenvalue weighted by molar-refractivity contribution is 5.93. The molecule has 0 saturated heterocycles. The summed E-state index contributed by atoms with van der Waals surface area (Å²) in [5.74, 6) is 0.668. The van der Waals surface area contributed by atoms with Crippen molar-refractivity contribution in [3.8, 4) is 0 Å². The quantitative estimate of drug-likeness (QED) is 0.724. The van der Waals surface area contributed by atoms with Gasteiger partial charge in [-0.1, -0.05) is 35.5 Å². The van der Waals surface area contributed by atoms with E-state index in [0.717, 1.165) is 22.6 Å². The predicted molar refractivity (Wildman–Crippen MR) is 89.5 cm³/mol. The van der Waals surface area contributed by atoms with E-state index in [2.05, 4.69) is 10.3 Å². The van der Waals surface area contributed by atoms with Gasteiger partial charge in [0.2, 0.25) is 0 Å². The summed E-state index contributed by atoms with van der Waals surface area (Å²) < 4.78 is 6.92. The van der Waals surface area contributed by atoms with Crippen molar-refractivity contribution in [1.29, 1.82) is 0 Å². The molecule has 6 nitrogen and oxygen atoms in total. The lowest BCUT2D eigenvalue weighted by atomic mass is 10.2. The van der Waals surface area contributed by atoms with Crippen LogP contribution in [0.5, 0.6) is 0 Å². The average Bonchev–Trinajstić information content (AvgIpc) is 3.17. The second-order valence-electron chi connectivity index (χ2n) is 5.88. The monoisotopic (exact) mass is 324 g/mol. The van der Waals surface area contributed by atoms with Crippen LogP contribution < -0.4 is 0 Å². The minimum Gasteiger partial charge on any atom is -0.361 e. The van der Waals surface area contributed by atoms with Gasteiger partial charge in [0.05, 0.1) is 30.5 Å². The molecule has 0 aliphatic carbocycles. The fourth-order valence-electron chi connectivity index (χ4n) is 2.59. The van der Waals surface area contributed by atoms with Gasteiger partial charge >= 0.3 is 0 Å². The summed E-state index contributed by atoms with van der Waals surface area (Å²) >= 11 is 0. The molecular formula is C18H20N4O2. The fourth-order valence-corrected chi connectivity index (χ4v) is 2.59. The fraction of sp³-hybridized carbons (Fsp3) is 0.278. The molecule has 0 fully saturated rings. The lowest BCUT2D eigenvalue weighted by Gasteiger charge is -2.15. The van der Waals surface area contributed by atoms with Crippen LogP contribution in [-0.2, 0) is 13.1 Å².